The number of likely N-dealkylation sites (tertiary alicyclic amines) is 1. The van der Waals surface area contributed by atoms with Crippen molar-refractivity contribution >= 4 is 5.96 Å². The molecule has 0 radical (unpaired) electrons. The van der Waals surface area contributed by atoms with E-state index in [-0.39, 0.29) is 0 Å². The van der Waals surface area contributed by atoms with Crippen molar-refractivity contribution in [1.82, 2.24) is 25.3 Å². The highest BCUT2D eigenvalue weighted by atomic mass is 15.3. The van der Waals surface area contributed by atoms with Crippen molar-refractivity contribution in [3.8, 4) is 0 Å². The van der Waals surface area contributed by atoms with Gasteiger partial charge in [-0.1, -0.05) is 13.3 Å². The first kappa shape index (κ1) is 23.4. The number of rotatable bonds is 11. The van der Waals surface area contributed by atoms with Crippen LogP contribution in [0.4, 0.5) is 0 Å². The molecule has 1 atom stereocenters. The fourth-order valence-electron chi connectivity index (χ4n) is 4.29. The molecular weight excluding hydrogens is 348 g/mol. The van der Waals surface area contributed by atoms with Crippen LogP contribution < -0.4 is 10.6 Å². The number of unbranched alkanes of at least 4 members (excludes halogenated alkanes) is 1. The van der Waals surface area contributed by atoms with Crippen LogP contribution in [0, 0.1) is 0 Å². The Hall–Kier alpha value is -0.850. The Morgan fingerprint density at radius 2 is 1.68 bits per heavy atom. The number of aliphatic imine (C=N–C) groups is 1. The number of guanidine groups is 1. The van der Waals surface area contributed by atoms with Crippen molar-refractivity contribution in [1.29, 1.82) is 0 Å². The number of nitrogens with one attached hydrogen (secondary N) is 2. The molecule has 2 aliphatic heterocycles. The Bertz CT molecular complexity index is 419. The van der Waals surface area contributed by atoms with Gasteiger partial charge in [-0.2, -0.15) is 0 Å². The standard InChI is InChI=1S/C22H46N6/c1-4-23-22(25-13-10-16-28-15-8-6-11-21(28)3)24-12-7-9-14-27-19-17-26(5-2)18-20-27/h21H,4-20H2,1-3H3,(H2,23,24,25). The lowest BCUT2D eigenvalue weighted by Gasteiger charge is -2.34. The lowest BCUT2D eigenvalue weighted by atomic mass is 10.0. The Kier molecular flexibility index (Phi) is 11.9. The maximum atomic E-state index is 4.78. The van der Waals surface area contributed by atoms with Crippen molar-refractivity contribution < 1.29 is 0 Å². The van der Waals surface area contributed by atoms with Crippen LogP contribution in [0.2, 0.25) is 0 Å². The van der Waals surface area contributed by atoms with Crippen LogP contribution in [0.1, 0.15) is 59.3 Å². The van der Waals surface area contributed by atoms with Gasteiger partial charge in [0.1, 0.15) is 0 Å². The largest absolute Gasteiger partial charge is 0.357 e. The predicted molar refractivity (Wildman–Crippen MR) is 121 cm³/mol. The summed E-state index contributed by atoms with van der Waals surface area (Å²) in [4.78, 5) is 12.6. The molecule has 2 aliphatic rings. The monoisotopic (exact) mass is 394 g/mol. The molecule has 2 N–H and O–H groups in total. The maximum Gasteiger partial charge on any atom is 0.191 e. The summed E-state index contributed by atoms with van der Waals surface area (Å²) in [6.45, 7) is 19.5. The van der Waals surface area contributed by atoms with Crippen molar-refractivity contribution in [2.45, 2.75) is 65.3 Å². The van der Waals surface area contributed by atoms with E-state index in [1.54, 1.807) is 0 Å². The summed E-state index contributed by atoms with van der Waals surface area (Å²) < 4.78 is 0. The minimum Gasteiger partial charge on any atom is -0.357 e. The fourth-order valence-corrected chi connectivity index (χ4v) is 4.29. The summed E-state index contributed by atoms with van der Waals surface area (Å²) in [7, 11) is 0. The van der Waals surface area contributed by atoms with E-state index in [4.69, 9.17) is 4.99 Å². The molecule has 28 heavy (non-hydrogen) atoms. The van der Waals surface area contributed by atoms with Gasteiger partial charge in [0.2, 0.25) is 0 Å². The molecule has 2 saturated heterocycles. The minimum atomic E-state index is 0.758. The third kappa shape index (κ3) is 9.10. The molecule has 6 nitrogen and oxygen atoms in total. The van der Waals surface area contributed by atoms with E-state index in [9.17, 15) is 0 Å². The second kappa shape index (κ2) is 14.2. The summed E-state index contributed by atoms with van der Waals surface area (Å²) >= 11 is 0. The van der Waals surface area contributed by atoms with E-state index < -0.39 is 0 Å². The van der Waals surface area contributed by atoms with Gasteiger partial charge in [-0.15, -0.1) is 0 Å². The summed E-state index contributed by atoms with van der Waals surface area (Å²) in [6.07, 6.45) is 7.77. The van der Waals surface area contributed by atoms with Gasteiger partial charge in [0.25, 0.3) is 0 Å². The van der Waals surface area contributed by atoms with E-state index >= 15 is 0 Å². The third-order valence-electron chi connectivity index (χ3n) is 6.26. The van der Waals surface area contributed by atoms with Gasteiger partial charge in [-0.05, 0) is 65.6 Å². The van der Waals surface area contributed by atoms with E-state index in [1.807, 2.05) is 0 Å². The van der Waals surface area contributed by atoms with Gasteiger partial charge in [0, 0.05) is 58.4 Å². The molecule has 2 fully saturated rings. The summed E-state index contributed by atoms with van der Waals surface area (Å²) in [5.41, 5.74) is 0. The highest BCUT2D eigenvalue weighted by Crippen LogP contribution is 2.16. The zero-order valence-electron chi connectivity index (χ0n) is 18.9. The Morgan fingerprint density at radius 3 is 2.39 bits per heavy atom. The second-order valence-corrected chi connectivity index (χ2v) is 8.40. The lowest BCUT2D eigenvalue weighted by Crippen LogP contribution is -2.46. The minimum absolute atomic E-state index is 0.758. The molecule has 0 spiro atoms. The quantitative estimate of drug-likeness (QED) is 0.320. The van der Waals surface area contributed by atoms with Crippen LogP contribution in [0.25, 0.3) is 0 Å². The Labute approximate surface area is 174 Å². The summed E-state index contributed by atoms with van der Waals surface area (Å²) in [5, 5.41) is 6.91. The number of hydrogen-bond acceptors (Lipinski definition) is 4. The van der Waals surface area contributed by atoms with Crippen molar-refractivity contribution in [3.63, 3.8) is 0 Å². The zero-order chi connectivity index (χ0) is 20.0. The second-order valence-electron chi connectivity index (χ2n) is 8.40. The molecule has 1 unspecified atom stereocenters. The first-order valence-electron chi connectivity index (χ1n) is 11.9. The topological polar surface area (TPSA) is 46.1 Å². The number of piperidine rings is 1. The molecule has 0 aromatic rings. The van der Waals surface area contributed by atoms with Crippen LogP contribution in [-0.4, -0.2) is 98.7 Å². The average molecular weight is 395 g/mol. The van der Waals surface area contributed by atoms with Gasteiger partial charge in [-0.3, -0.25) is 4.99 Å². The Morgan fingerprint density at radius 1 is 0.893 bits per heavy atom. The average Bonchev–Trinajstić information content (AvgIpc) is 2.72. The SMILES string of the molecule is CCNC(=NCCCN1CCCCC1C)NCCCCN1CCN(CC)CC1. The first-order chi connectivity index (χ1) is 13.7. The normalized spacial score (nSPS) is 23.1. The number of piperazine rings is 1. The highest BCUT2D eigenvalue weighted by molar-refractivity contribution is 5.79. The number of nitrogens with zero attached hydrogens (tertiary/aromatic N) is 4. The van der Waals surface area contributed by atoms with Crippen LogP contribution >= 0.6 is 0 Å². The molecule has 0 aromatic heterocycles. The fraction of sp³-hybridized carbons (Fsp3) is 0.955. The maximum absolute atomic E-state index is 4.78. The molecular formula is C22H46N6. The molecule has 2 rings (SSSR count). The molecule has 0 amide bonds. The van der Waals surface area contributed by atoms with Gasteiger partial charge < -0.3 is 25.3 Å². The molecule has 0 aromatic carbocycles. The van der Waals surface area contributed by atoms with Crippen LogP contribution in [0.15, 0.2) is 4.99 Å². The first-order valence-corrected chi connectivity index (χ1v) is 11.9. The van der Waals surface area contributed by atoms with E-state index in [0.29, 0.717) is 0 Å². The van der Waals surface area contributed by atoms with Gasteiger partial charge in [0.15, 0.2) is 5.96 Å². The third-order valence-corrected chi connectivity index (χ3v) is 6.26. The van der Waals surface area contributed by atoms with Gasteiger partial charge in [0.05, 0.1) is 0 Å². The zero-order valence-corrected chi connectivity index (χ0v) is 18.9. The highest BCUT2D eigenvalue weighted by Gasteiger charge is 2.17. The predicted octanol–water partition coefficient (Wildman–Crippen LogP) is 2.22. The van der Waals surface area contributed by atoms with E-state index in [0.717, 1.165) is 38.1 Å². The van der Waals surface area contributed by atoms with Crippen molar-refractivity contribution in [2.24, 2.45) is 4.99 Å². The van der Waals surface area contributed by atoms with E-state index in [2.05, 4.69) is 46.1 Å². The van der Waals surface area contributed by atoms with Crippen molar-refractivity contribution in [2.75, 3.05) is 72.0 Å². The van der Waals surface area contributed by atoms with E-state index in [1.165, 1.54) is 84.5 Å². The number of likely N-dealkylation sites (N-methyl/N-ethyl adjacent to an activating group) is 1. The van der Waals surface area contributed by atoms with Crippen LogP contribution in [-0.2, 0) is 0 Å². The lowest BCUT2D eigenvalue weighted by molar-refractivity contribution is 0.136. The van der Waals surface area contributed by atoms with Gasteiger partial charge >= 0.3 is 0 Å². The molecule has 0 saturated carbocycles. The summed E-state index contributed by atoms with van der Waals surface area (Å²) in [5.74, 6) is 0.991. The van der Waals surface area contributed by atoms with Crippen LogP contribution in [0.5, 0.6) is 0 Å². The molecule has 2 heterocycles. The smallest absolute Gasteiger partial charge is 0.191 e. The molecule has 164 valence electrons. The van der Waals surface area contributed by atoms with Gasteiger partial charge in [-0.25, -0.2) is 0 Å². The van der Waals surface area contributed by atoms with Crippen LogP contribution in [0.3, 0.4) is 0 Å². The molecule has 0 bridgehead atoms. The Balaban J connectivity index is 1.54. The summed E-state index contributed by atoms with van der Waals surface area (Å²) in [6, 6.07) is 0.758. The molecule has 6 heteroatoms. The molecule has 0 aliphatic carbocycles. The number of hydrogen-bond donors (Lipinski definition) is 2. The van der Waals surface area contributed by atoms with Crippen molar-refractivity contribution in [3.05, 3.63) is 0 Å².